The number of pyridine rings is 1. The second-order valence-corrected chi connectivity index (χ2v) is 9.97. The number of ether oxygens (including phenoxy) is 1. The van der Waals surface area contributed by atoms with Crippen molar-refractivity contribution in [2.45, 2.75) is 53.9 Å². The average Bonchev–Trinajstić information content (AvgIpc) is 2.73. The van der Waals surface area contributed by atoms with E-state index in [1.54, 1.807) is 0 Å². The van der Waals surface area contributed by atoms with Crippen LogP contribution in [0.4, 0.5) is 0 Å². The molecule has 33 heavy (non-hydrogen) atoms. The molecule has 3 heteroatoms. The molecule has 4 aromatic rings. The van der Waals surface area contributed by atoms with E-state index in [0.717, 1.165) is 38.9 Å². The molecular formula is C30H31NO2. The highest BCUT2D eigenvalue weighted by Crippen LogP contribution is 2.33. The van der Waals surface area contributed by atoms with Crippen molar-refractivity contribution in [1.82, 2.24) is 4.98 Å². The summed E-state index contributed by atoms with van der Waals surface area (Å²) in [4.78, 5) is 18.5. The summed E-state index contributed by atoms with van der Waals surface area (Å²) in [5.41, 5.74) is 8.58. The number of benzene rings is 3. The van der Waals surface area contributed by atoms with Crippen LogP contribution in [0.3, 0.4) is 0 Å². The van der Waals surface area contributed by atoms with Gasteiger partial charge >= 0.3 is 5.97 Å². The van der Waals surface area contributed by atoms with Crippen LogP contribution in [0.5, 0.6) is 5.75 Å². The second kappa shape index (κ2) is 8.47. The highest BCUT2D eigenvalue weighted by molar-refractivity contribution is 6.08. The molecule has 0 radical (unpaired) electrons. The number of carbonyl (C=O) groups is 1. The van der Waals surface area contributed by atoms with Crippen LogP contribution in [0.1, 0.15) is 58.9 Å². The number of carbonyl (C=O) groups excluding carboxylic acids is 1. The van der Waals surface area contributed by atoms with Crippen LogP contribution in [0.15, 0.2) is 60.7 Å². The zero-order chi connectivity index (χ0) is 23.9. The molecule has 0 amide bonds. The van der Waals surface area contributed by atoms with Gasteiger partial charge in [0.1, 0.15) is 5.75 Å². The van der Waals surface area contributed by atoms with Crippen molar-refractivity contribution in [2.24, 2.45) is 0 Å². The highest BCUT2D eigenvalue weighted by Gasteiger charge is 2.22. The van der Waals surface area contributed by atoms with Crippen molar-refractivity contribution >= 4 is 16.9 Å². The van der Waals surface area contributed by atoms with Gasteiger partial charge in [-0.3, -0.25) is 0 Å². The number of aromatic nitrogens is 1. The molecule has 0 saturated carbocycles. The second-order valence-electron chi connectivity index (χ2n) is 9.97. The molecule has 3 aromatic carbocycles. The monoisotopic (exact) mass is 437 g/mol. The maximum atomic E-state index is 13.5. The predicted molar refractivity (Wildman–Crippen MR) is 136 cm³/mol. The number of hydrogen-bond donors (Lipinski definition) is 0. The van der Waals surface area contributed by atoms with Gasteiger partial charge < -0.3 is 4.74 Å². The number of hydrogen-bond acceptors (Lipinski definition) is 3. The van der Waals surface area contributed by atoms with Crippen LogP contribution in [-0.4, -0.2) is 11.0 Å². The number of nitrogens with zero attached hydrogens (tertiary/aromatic N) is 1. The summed E-state index contributed by atoms with van der Waals surface area (Å²) in [7, 11) is 0. The Morgan fingerprint density at radius 2 is 1.45 bits per heavy atom. The van der Waals surface area contributed by atoms with E-state index in [0.29, 0.717) is 11.3 Å². The fourth-order valence-corrected chi connectivity index (χ4v) is 4.25. The molecule has 0 unspecified atom stereocenters. The fraction of sp³-hybridized carbons (Fsp3) is 0.267. The normalized spacial score (nSPS) is 11.6. The van der Waals surface area contributed by atoms with Gasteiger partial charge in [0.15, 0.2) is 0 Å². The molecule has 168 valence electrons. The summed E-state index contributed by atoms with van der Waals surface area (Å²) in [5.74, 6) is 0.181. The number of fused-ring (bicyclic) bond motifs is 1. The standard InChI is InChI=1S/C30H31NO2/c1-18-8-10-22(11-9-18)28-21(4)26(25-17-19(2)16-20(3)27(25)31-28)29(32)33-24-14-12-23(13-15-24)30(5,6)7/h8-17H,1-7H3. The summed E-state index contributed by atoms with van der Waals surface area (Å²) in [6.07, 6.45) is 0. The third-order valence-corrected chi connectivity index (χ3v) is 6.13. The lowest BCUT2D eigenvalue weighted by molar-refractivity contribution is 0.0736. The number of esters is 1. The largest absolute Gasteiger partial charge is 0.423 e. The maximum Gasteiger partial charge on any atom is 0.344 e. The molecule has 1 heterocycles. The van der Waals surface area contributed by atoms with Gasteiger partial charge in [-0.05, 0) is 68.0 Å². The molecule has 0 aliphatic heterocycles. The first kappa shape index (κ1) is 22.7. The van der Waals surface area contributed by atoms with E-state index in [-0.39, 0.29) is 11.4 Å². The molecule has 0 atom stereocenters. The fourth-order valence-electron chi connectivity index (χ4n) is 4.25. The van der Waals surface area contributed by atoms with Gasteiger partial charge in [-0.15, -0.1) is 0 Å². The van der Waals surface area contributed by atoms with Crippen LogP contribution < -0.4 is 4.74 Å². The summed E-state index contributed by atoms with van der Waals surface area (Å²) < 4.78 is 5.88. The van der Waals surface area contributed by atoms with Gasteiger partial charge in [0.25, 0.3) is 0 Å². The Hall–Kier alpha value is -3.46. The molecule has 4 rings (SSSR count). The van der Waals surface area contributed by atoms with Crippen molar-refractivity contribution in [3.05, 3.63) is 94.0 Å². The Labute approximate surface area is 196 Å². The van der Waals surface area contributed by atoms with Crippen LogP contribution in [0, 0.1) is 27.7 Å². The minimum Gasteiger partial charge on any atom is -0.423 e. The van der Waals surface area contributed by atoms with Crippen LogP contribution in [0.25, 0.3) is 22.2 Å². The van der Waals surface area contributed by atoms with Crippen LogP contribution in [0.2, 0.25) is 0 Å². The third kappa shape index (κ3) is 4.54. The van der Waals surface area contributed by atoms with Crippen molar-refractivity contribution in [3.63, 3.8) is 0 Å². The lowest BCUT2D eigenvalue weighted by Gasteiger charge is -2.19. The summed E-state index contributed by atoms with van der Waals surface area (Å²) in [6.45, 7) is 14.6. The third-order valence-electron chi connectivity index (χ3n) is 6.13. The minimum absolute atomic E-state index is 0.0401. The Morgan fingerprint density at radius 3 is 2.06 bits per heavy atom. The van der Waals surface area contributed by atoms with E-state index in [4.69, 9.17) is 9.72 Å². The molecule has 1 aromatic heterocycles. The summed E-state index contributed by atoms with van der Waals surface area (Å²) in [5, 5.41) is 0.831. The zero-order valence-corrected chi connectivity index (χ0v) is 20.5. The van der Waals surface area contributed by atoms with E-state index in [1.165, 1.54) is 11.1 Å². The van der Waals surface area contributed by atoms with Crippen molar-refractivity contribution in [2.75, 3.05) is 0 Å². The first-order valence-electron chi connectivity index (χ1n) is 11.4. The molecular weight excluding hydrogens is 406 g/mol. The highest BCUT2D eigenvalue weighted by atomic mass is 16.5. The topological polar surface area (TPSA) is 39.2 Å². The quantitative estimate of drug-likeness (QED) is 0.244. The first-order valence-corrected chi connectivity index (χ1v) is 11.4. The smallest absolute Gasteiger partial charge is 0.344 e. The van der Waals surface area contributed by atoms with E-state index in [2.05, 4.69) is 58.0 Å². The lowest BCUT2D eigenvalue weighted by atomic mass is 9.87. The SMILES string of the molecule is Cc1ccc(-c2nc3c(C)cc(C)cc3c(C(=O)Oc3ccc(C(C)(C)C)cc3)c2C)cc1. The van der Waals surface area contributed by atoms with Crippen molar-refractivity contribution in [3.8, 4) is 17.0 Å². The first-order chi connectivity index (χ1) is 15.5. The van der Waals surface area contributed by atoms with Gasteiger partial charge in [-0.25, -0.2) is 9.78 Å². The molecule has 0 spiro atoms. The summed E-state index contributed by atoms with van der Waals surface area (Å²) >= 11 is 0. The molecule has 0 N–H and O–H groups in total. The van der Waals surface area contributed by atoms with Gasteiger partial charge in [0, 0.05) is 10.9 Å². The van der Waals surface area contributed by atoms with Gasteiger partial charge in [0.2, 0.25) is 0 Å². The minimum atomic E-state index is -0.359. The van der Waals surface area contributed by atoms with Gasteiger partial charge in [-0.2, -0.15) is 0 Å². The predicted octanol–water partition coefficient (Wildman–Crippen LogP) is 7.65. The van der Waals surface area contributed by atoms with Crippen LogP contribution in [-0.2, 0) is 5.41 Å². The Morgan fingerprint density at radius 1 is 0.818 bits per heavy atom. The number of aryl methyl sites for hydroxylation is 3. The van der Waals surface area contributed by atoms with E-state index in [9.17, 15) is 4.79 Å². The van der Waals surface area contributed by atoms with Crippen molar-refractivity contribution in [1.29, 1.82) is 0 Å². The maximum absolute atomic E-state index is 13.5. The lowest BCUT2D eigenvalue weighted by Crippen LogP contribution is -2.14. The van der Waals surface area contributed by atoms with Crippen molar-refractivity contribution < 1.29 is 9.53 Å². The van der Waals surface area contributed by atoms with E-state index >= 15 is 0 Å². The Balaban J connectivity index is 1.85. The molecule has 0 aliphatic rings. The molecule has 0 aliphatic carbocycles. The van der Waals surface area contributed by atoms with E-state index in [1.807, 2.05) is 51.1 Å². The Bertz CT molecular complexity index is 1340. The summed E-state index contributed by atoms with van der Waals surface area (Å²) in [6, 6.07) is 20.2. The Kier molecular flexibility index (Phi) is 5.84. The van der Waals surface area contributed by atoms with Gasteiger partial charge in [0.05, 0.1) is 16.8 Å². The molecule has 0 bridgehead atoms. The molecule has 0 saturated heterocycles. The number of rotatable bonds is 3. The van der Waals surface area contributed by atoms with Gasteiger partial charge in [-0.1, -0.05) is 74.4 Å². The zero-order valence-electron chi connectivity index (χ0n) is 20.5. The van der Waals surface area contributed by atoms with Crippen LogP contribution >= 0.6 is 0 Å². The van der Waals surface area contributed by atoms with E-state index < -0.39 is 0 Å². The molecule has 0 fully saturated rings. The molecule has 3 nitrogen and oxygen atoms in total. The average molecular weight is 438 g/mol.